The molecule has 1 N–H and O–H groups in total. The van der Waals surface area contributed by atoms with Crippen molar-refractivity contribution in [1.29, 1.82) is 5.26 Å². The highest BCUT2D eigenvalue weighted by molar-refractivity contribution is 7.18. The van der Waals surface area contributed by atoms with Crippen LogP contribution in [0.4, 0.5) is 8.78 Å². The molecule has 10 heteroatoms. The summed E-state index contributed by atoms with van der Waals surface area (Å²) in [7, 11) is 0. The van der Waals surface area contributed by atoms with Gasteiger partial charge in [0.15, 0.2) is 5.01 Å². The van der Waals surface area contributed by atoms with Crippen molar-refractivity contribution in [2.75, 3.05) is 6.54 Å². The predicted octanol–water partition coefficient (Wildman–Crippen LogP) is 3.67. The van der Waals surface area contributed by atoms with Gasteiger partial charge in [-0.25, -0.2) is 4.98 Å². The monoisotopic (exact) mass is 425 g/mol. The Morgan fingerprint density at radius 2 is 1.97 bits per heavy atom. The van der Waals surface area contributed by atoms with Crippen LogP contribution in [0.3, 0.4) is 0 Å². The highest BCUT2D eigenvalue weighted by Gasteiger charge is 2.44. The number of carbonyl (C=O) groups excluding carboxylic acids is 1. The summed E-state index contributed by atoms with van der Waals surface area (Å²) in [5.74, 6) is -5.39. The van der Waals surface area contributed by atoms with Crippen molar-refractivity contribution in [2.45, 2.75) is 12.3 Å². The van der Waals surface area contributed by atoms with Crippen molar-refractivity contribution in [2.24, 2.45) is 0 Å². The first-order valence-corrected chi connectivity index (χ1v) is 9.60. The number of halogens is 2. The zero-order chi connectivity index (χ0) is 21.1. The molecule has 4 aromatic rings. The second kappa shape index (κ2) is 7.96. The average molecular weight is 425 g/mol. The molecule has 30 heavy (non-hydrogen) atoms. The van der Waals surface area contributed by atoms with Gasteiger partial charge in [-0.1, -0.05) is 36.4 Å². The van der Waals surface area contributed by atoms with E-state index >= 15 is 0 Å². The minimum atomic E-state index is -3.61. The first-order chi connectivity index (χ1) is 14.5. The highest BCUT2D eigenvalue weighted by Crippen LogP contribution is 2.40. The summed E-state index contributed by atoms with van der Waals surface area (Å²) in [6.07, 6.45) is -0.398. The molecular weight excluding hydrogens is 412 g/mol. The van der Waals surface area contributed by atoms with E-state index in [9.17, 15) is 13.6 Å². The van der Waals surface area contributed by atoms with Crippen LogP contribution in [0.1, 0.15) is 16.8 Å². The molecule has 0 saturated carbocycles. The molecule has 2 aromatic heterocycles. The fraction of sp³-hybridized carbons (Fsp3) is 0.150. The van der Waals surface area contributed by atoms with E-state index in [2.05, 4.69) is 20.5 Å². The number of amides is 1. The molecule has 0 aliphatic heterocycles. The predicted molar refractivity (Wildman–Crippen MR) is 105 cm³/mol. The molecule has 2 aromatic carbocycles. The number of carbonyl (C=O) groups is 1. The first-order valence-electron chi connectivity index (χ1n) is 8.78. The fourth-order valence-electron chi connectivity index (χ4n) is 2.75. The molecule has 0 spiro atoms. The molecular formula is C20H13F2N5O2S. The Balaban J connectivity index is 1.60. The highest BCUT2D eigenvalue weighted by atomic mass is 32.1. The van der Waals surface area contributed by atoms with Crippen LogP contribution < -0.4 is 5.32 Å². The van der Waals surface area contributed by atoms with Crippen LogP contribution in [0.5, 0.6) is 0 Å². The van der Waals surface area contributed by atoms with Gasteiger partial charge in [-0.05, 0) is 23.3 Å². The van der Waals surface area contributed by atoms with Crippen molar-refractivity contribution in [3.05, 3.63) is 65.3 Å². The molecule has 0 aliphatic carbocycles. The van der Waals surface area contributed by atoms with Gasteiger partial charge in [0.05, 0.1) is 16.3 Å². The van der Waals surface area contributed by atoms with Crippen molar-refractivity contribution in [3.8, 4) is 17.2 Å². The van der Waals surface area contributed by atoms with Crippen molar-refractivity contribution < 1.29 is 18.0 Å². The summed E-state index contributed by atoms with van der Waals surface area (Å²) >= 11 is 0.838. The standard InChI is InChI=1S/C20H13F2N5O2S/c21-20(22,18-27-26-17(29-18)11-16(28)24-9-8-23)19-25-14-7-6-13(10-15(14)30-19)12-4-2-1-3-5-12/h1-7,10H,9,11H2,(H,24,28). The van der Waals surface area contributed by atoms with Crippen LogP contribution in [0.25, 0.3) is 21.3 Å². The zero-order valence-corrected chi connectivity index (χ0v) is 16.1. The lowest BCUT2D eigenvalue weighted by Crippen LogP contribution is -2.25. The Morgan fingerprint density at radius 3 is 2.73 bits per heavy atom. The maximum atomic E-state index is 14.9. The van der Waals surface area contributed by atoms with Gasteiger partial charge >= 0.3 is 5.92 Å². The average Bonchev–Trinajstić information content (AvgIpc) is 3.40. The Kier molecular flexibility index (Phi) is 5.20. The smallest absolute Gasteiger partial charge is 0.374 e. The molecule has 0 saturated heterocycles. The number of nitrogens with zero attached hydrogens (tertiary/aromatic N) is 4. The van der Waals surface area contributed by atoms with Gasteiger partial charge in [0.25, 0.3) is 5.89 Å². The minimum Gasteiger partial charge on any atom is -0.419 e. The largest absolute Gasteiger partial charge is 0.419 e. The van der Waals surface area contributed by atoms with Gasteiger partial charge in [0.2, 0.25) is 11.8 Å². The van der Waals surface area contributed by atoms with E-state index in [-0.39, 0.29) is 12.4 Å². The minimum absolute atomic E-state index is 0.202. The van der Waals surface area contributed by atoms with Gasteiger partial charge in [0, 0.05) is 0 Å². The van der Waals surface area contributed by atoms with Crippen molar-refractivity contribution in [1.82, 2.24) is 20.5 Å². The van der Waals surface area contributed by atoms with Crippen LogP contribution in [0.15, 0.2) is 52.9 Å². The normalized spacial score (nSPS) is 11.4. The lowest BCUT2D eigenvalue weighted by Gasteiger charge is -2.07. The summed E-state index contributed by atoms with van der Waals surface area (Å²) < 4.78 is 35.4. The first kappa shape index (κ1) is 19.6. The topological polar surface area (TPSA) is 105 Å². The summed E-state index contributed by atoms with van der Waals surface area (Å²) in [5.41, 5.74) is 2.30. The Morgan fingerprint density at radius 1 is 1.17 bits per heavy atom. The molecule has 4 rings (SSSR count). The van der Waals surface area contributed by atoms with E-state index < -0.39 is 29.1 Å². The quantitative estimate of drug-likeness (QED) is 0.473. The molecule has 1 amide bonds. The molecule has 0 radical (unpaired) electrons. The van der Waals surface area contributed by atoms with Gasteiger partial charge in [0.1, 0.15) is 13.0 Å². The maximum absolute atomic E-state index is 14.9. The van der Waals surface area contributed by atoms with E-state index in [0.717, 1.165) is 22.5 Å². The molecule has 0 fully saturated rings. The third-order valence-corrected chi connectivity index (χ3v) is 5.26. The van der Waals surface area contributed by atoms with Crippen LogP contribution in [-0.4, -0.2) is 27.6 Å². The van der Waals surface area contributed by atoms with Crippen molar-refractivity contribution >= 4 is 27.5 Å². The number of thiazole rings is 1. The van der Waals surface area contributed by atoms with E-state index in [0.29, 0.717) is 10.2 Å². The van der Waals surface area contributed by atoms with Gasteiger partial charge < -0.3 is 9.73 Å². The molecule has 7 nitrogen and oxygen atoms in total. The van der Waals surface area contributed by atoms with Crippen molar-refractivity contribution in [3.63, 3.8) is 0 Å². The summed E-state index contributed by atoms with van der Waals surface area (Å²) in [6, 6.07) is 16.6. The third kappa shape index (κ3) is 3.88. The number of rotatable bonds is 6. The second-order valence-electron chi connectivity index (χ2n) is 6.25. The summed E-state index contributed by atoms with van der Waals surface area (Å²) in [6.45, 7) is -0.202. The number of fused-ring (bicyclic) bond motifs is 1. The lowest BCUT2D eigenvalue weighted by atomic mass is 10.1. The Hall–Kier alpha value is -3.71. The number of aromatic nitrogens is 3. The molecule has 150 valence electrons. The molecule has 0 atom stereocenters. The van der Waals surface area contributed by atoms with E-state index in [1.807, 2.05) is 36.4 Å². The number of nitriles is 1. The van der Waals surface area contributed by atoms with Gasteiger partial charge in [-0.2, -0.15) is 14.0 Å². The fourth-order valence-corrected chi connectivity index (χ4v) is 3.72. The molecule has 0 bridgehead atoms. The second-order valence-corrected chi connectivity index (χ2v) is 7.29. The summed E-state index contributed by atoms with van der Waals surface area (Å²) in [4.78, 5) is 15.6. The Bertz CT molecular complexity index is 1250. The van der Waals surface area contributed by atoms with E-state index in [4.69, 9.17) is 9.68 Å². The number of alkyl halides is 2. The van der Waals surface area contributed by atoms with E-state index in [1.54, 1.807) is 18.2 Å². The molecule has 0 aliphatic rings. The molecule has 2 heterocycles. The number of hydrogen-bond donors (Lipinski definition) is 1. The number of hydrogen-bond acceptors (Lipinski definition) is 7. The molecule has 0 unspecified atom stereocenters. The summed E-state index contributed by atoms with van der Waals surface area (Å²) in [5, 5.41) is 17.1. The van der Waals surface area contributed by atoms with Crippen LogP contribution in [0, 0.1) is 11.3 Å². The zero-order valence-electron chi connectivity index (χ0n) is 15.3. The van der Waals surface area contributed by atoms with Crippen LogP contribution in [0.2, 0.25) is 0 Å². The van der Waals surface area contributed by atoms with E-state index in [1.165, 1.54) is 0 Å². The van der Waals surface area contributed by atoms with Crippen LogP contribution in [-0.2, 0) is 17.1 Å². The third-order valence-electron chi connectivity index (χ3n) is 4.18. The Labute approximate surface area is 173 Å². The lowest BCUT2D eigenvalue weighted by molar-refractivity contribution is -0.120. The maximum Gasteiger partial charge on any atom is 0.374 e. The number of benzene rings is 2. The SMILES string of the molecule is N#CCNC(=O)Cc1nnc(C(F)(F)c2nc3ccc(-c4ccccc4)cc3s2)o1. The van der Waals surface area contributed by atoms with Gasteiger partial charge in [-0.15, -0.1) is 21.5 Å². The van der Waals surface area contributed by atoms with Gasteiger partial charge in [-0.3, -0.25) is 4.79 Å². The van der Waals surface area contributed by atoms with Crippen LogP contribution >= 0.6 is 11.3 Å². The number of nitrogens with one attached hydrogen (secondary N) is 1.